The van der Waals surface area contributed by atoms with E-state index in [0.29, 0.717) is 35.9 Å². The Morgan fingerprint density at radius 2 is 1.92 bits per heavy atom. The molecule has 0 aliphatic heterocycles. The number of carboxylic acid groups (broad SMARTS) is 1. The van der Waals surface area contributed by atoms with Gasteiger partial charge in [-0.2, -0.15) is 0 Å². The van der Waals surface area contributed by atoms with E-state index >= 15 is 0 Å². The number of carboxylic acids is 1. The summed E-state index contributed by atoms with van der Waals surface area (Å²) in [7, 11) is 0. The van der Waals surface area contributed by atoms with Crippen molar-refractivity contribution in [3.63, 3.8) is 0 Å². The first kappa shape index (κ1) is 16.4. The summed E-state index contributed by atoms with van der Waals surface area (Å²) in [4.78, 5) is 23.8. The summed E-state index contributed by atoms with van der Waals surface area (Å²) in [5.41, 5.74) is 1.53. The molecule has 0 radical (unpaired) electrons. The summed E-state index contributed by atoms with van der Waals surface area (Å²) in [6, 6.07) is 0. The molecule has 0 amide bonds. The predicted molar refractivity (Wildman–Crippen MR) is 92.4 cm³/mol. The van der Waals surface area contributed by atoms with Crippen LogP contribution in [-0.4, -0.2) is 16.9 Å². The van der Waals surface area contributed by atoms with Gasteiger partial charge in [0.1, 0.15) is 0 Å². The highest BCUT2D eigenvalue weighted by atomic mass is 16.4. The maximum Gasteiger partial charge on any atom is 0.307 e. The first-order chi connectivity index (χ1) is 11.3. The molecule has 4 aliphatic rings. The molecule has 3 heteroatoms. The fourth-order valence-corrected chi connectivity index (χ4v) is 7.35. The summed E-state index contributed by atoms with van der Waals surface area (Å²) < 4.78 is 0. The molecule has 3 saturated carbocycles. The largest absolute Gasteiger partial charge is 0.481 e. The summed E-state index contributed by atoms with van der Waals surface area (Å²) in [6.45, 7) is 6.91. The van der Waals surface area contributed by atoms with E-state index in [1.807, 2.05) is 6.08 Å². The molecule has 4 aliphatic carbocycles. The molecule has 3 fully saturated rings. The van der Waals surface area contributed by atoms with Crippen molar-refractivity contribution in [1.29, 1.82) is 0 Å². The number of rotatable bonds is 1. The van der Waals surface area contributed by atoms with Crippen molar-refractivity contribution in [2.24, 2.45) is 40.4 Å². The third-order valence-electron chi connectivity index (χ3n) is 8.81. The van der Waals surface area contributed by atoms with Crippen LogP contribution in [-0.2, 0) is 9.59 Å². The number of hydrogen-bond acceptors (Lipinski definition) is 2. The molecule has 0 aromatic heterocycles. The highest BCUT2D eigenvalue weighted by molar-refractivity contribution is 5.92. The summed E-state index contributed by atoms with van der Waals surface area (Å²) in [6.07, 6.45) is 8.94. The normalized spacial score (nSPS) is 50.5. The number of ketones is 1. The third kappa shape index (κ3) is 1.96. The molecular weight excluding hydrogens is 300 g/mol. The van der Waals surface area contributed by atoms with E-state index < -0.39 is 5.97 Å². The van der Waals surface area contributed by atoms with Gasteiger partial charge in [0, 0.05) is 6.42 Å². The van der Waals surface area contributed by atoms with E-state index in [1.165, 1.54) is 5.57 Å². The Labute approximate surface area is 144 Å². The van der Waals surface area contributed by atoms with Crippen LogP contribution < -0.4 is 0 Å². The van der Waals surface area contributed by atoms with E-state index in [0.717, 1.165) is 38.5 Å². The van der Waals surface area contributed by atoms with E-state index in [4.69, 9.17) is 0 Å². The lowest BCUT2D eigenvalue weighted by Crippen LogP contribution is -2.53. The van der Waals surface area contributed by atoms with Crippen LogP contribution in [0.15, 0.2) is 11.6 Å². The second-order valence-electron chi connectivity index (χ2n) is 9.45. The molecule has 24 heavy (non-hydrogen) atoms. The molecule has 132 valence electrons. The van der Waals surface area contributed by atoms with Crippen LogP contribution in [0, 0.1) is 40.4 Å². The van der Waals surface area contributed by atoms with Crippen LogP contribution in [0.2, 0.25) is 0 Å². The lowest BCUT2D eigenvalue weighted by Gasteiger charge is -2.59. The highest BCUT2D eigenvalue weighted by Crippen LogP contribution is 2.67. The predicted octanol–water partition coefficient (Wildman–Crippen LogP) is 4.47. The zero-order valence-electron chi connectivity index (χ0n) is 15.2. The van der Waals surface area contributed by atoms with Gasteiger partial charge < -0.3 is 5.11 Å². The van der Waals surface area contributed by atoms with Gasteiger partial charge in [-0.1, -0.05) is 26.3 Å². The van der Waals surface area contributed by atoms with Gasteiger partial charge >= 0.3 is 5.97 Å². The van der Waals surface area contributed by atoms with Crippen LogP contribution in [0.4, 0.5) is 0 Å². The SMILES string of the molecule is CC1CC(=O)C=C2CC[C@H]3[C@@H]4CC[C@H](C(=O)O)[C@@]4(C)CC[C@@H]3[C@]21C. The Balaban J connectivity index is 1.70. The van der Waals surface area contributed by atoms with Crippen molar-refractivity contribution in [2.45, 2.75) is 65.7 Å². The zero-order valence-corrected chi connectivity index (χ0v) is 15.2. The number of carbonyl (C=O) groups is 2. The molecule has 0 bridgehead atoms. The van der Waals surface area contributed by atoms with Crippen molar-refractivity contribution in [3.05, 3.63) is 11.6 Å². The summed E-state index contributed by atoms with van der Waals surface area (Å²) in [5.74, 6) is 1.81. The Kier molecular flexibility index (Phi) is 3.54. The van der Waals surface area contributed by atoms with Crippen molar-refractivity contribution < 1.29 is 14.7 Å². The smallest absolute Gasteiger partial charge is 0.307 e. The minimum absolute atomic E-state index is 0.0156. The molecule has 0 saturated heterocycles. The number of hydrogen-bond donors (Lipinski definition) is 1. The summed E-state index contributed by atoms with van der Waals surface area (Å²) in [5, 5.41) is 9.68. The Morgan fingerprint density at radius 1 is 1.17 bits per heavy atom. The van der Waals surface area contributed by atoms with E-state index in [2.05, 4.69) is 20.8 Å². The fraction of sp³-hybridized carbons (Fsp3) is 0.810. The minimum atomic E-state index is -0.585. The first-order valence-electron chi connectivity index (χ1n) is 9.75. The molecule has 4 rings (SSSR count). The van der Waals surface area contributed by atoms with Gasteiger partial charge in [-0.3, -0.25) is 9.59 Å². The number of allylic oxidation sites excluding steroid dienone is 1. The molecule has 1 unspecified atom stereocenters. The number of fused-ring (bicyclic) bond motifs is 5. The Bertz CT molecular complexity index is 621. The van der Waals surface area contributed by atoms with Gasteiger partial charge in [0.2, 0.25) is 0 Å². The van der Waals surface area contributed by atoms with Crippen molar-refractivity contribution in [2.75, 3.05) is 0 Å². The van der Waals surface area contributed by atoms with E-state index in [1.54, 1.807) is 0 Å². The summed E-state index contributed by atoms with van der Waals surface area (Å²) >= 11 is 0. The number of aliphatic carboxylic acids is 1. The standard InChI is InChI=1S/C21H30O3/c1-12-10-14(22)11-13-4-5-15-16-6-7-18(19(23)24)20(16,2)9-8-17(15)21(12,13)3/h11-12,15-18H,4-10H2,1-3H3,(H,23,24)/t12?,15-,16-,17-,18+,20-,21-/m0/s1. The van der Waals surface area contributed by atoms with Crippen molar-refractivity contribution in [1.82, 2.24) is 0 Å². The van der Waals surface area contributed by atoms with Gasteiger partial charge in [0.15, 0.2) is 5.78 Å². The van der Waals surface area contributed by atoms with E-state index in [9.17, 15) is 14.7 Å². The molecule has 7 atom stereocenters. The molecule has 0 heterocycles. The second kappa shape index (κ2) is 5.19. The van der Waals surface area contributed by atoms with Gasteiger partial charge in [0.05, 0.1) is 5.92 Å². The quantitative estimate of drug-likeness (QED) is 0.772. The molecule has 3 nitrogen and oxygen atoms in total. The van der Waals surface area contributed by atoms with Gasteiger partial charge in [0.25, 0.3) is 0 Å². The van der Waals surface area contributed by atoms with Crippen molar-refractivity contribution >= 4 is 11.8 Å². The first-order valence-corrected chi connectivity index (χ1v) is 9.75. The van der Waals surface area contributed by atoms with Crippen LogP contribution in [0.3, 0.4) is 0 Å². The fourth-order valence-electron chi connectivity index (χ4n) is 7.35. The van der Waals surface area contributed by atoms with Crippen LogP contribution >= 0.6 is 0 Å². The lowest BCUT2D eigenvalue weighted by molar-refractivity contribution is -0.149. The Morgan fingerprint density at radius 3 is 2.62 bits per heavy atom. The second-order valence-corrected chi connectivity index (χ2v) is 9.45. The molecular formula is C21H30O3. The maximum absolute atomic E-state index is 12.0. The topological polar surface area (TPSA) is 54.4 Å². The highest BCUT2D eigenvalue weighted by Gasteiger charge is 2.61. The van der Waals surface area contributed by atoms with Gasteiger partial charge in [-0.05, 0) is 79.1 Å². The van der Waals surface area contributed by atoms with Gasteiger partial charge in [-0.25, -0.2) is 0 Å². The third-order valence-corrected chi connectivity index (χ3v) is 8.81. The van der Waals surface area contributed by atoms with Crippen LogP contribution in [0.5, 0.6) is 0 Å². The van der Waals surface area contributed by atoms with Crippen molar-refractivity contribution in [3.8, 4) is 0 Å². The van der Waals surface area contributed by atoms with Crippen LogP contribution in [0.1, 0.15) is 65.7 Å². The lowest BCUT2D eigenvalue weighted by atomic mass is 9.45. The number of carbonyl (C=O) groups excluding carboxylic acids is 1. The maximum atomic E-state index is 12.0. The Hall–Kier alpha value is -1.12. The molecule has 0 aromatic rings. The molecule has 0 aromatic carbocycles. The van der Waals surface area contributed by atoms with E-state index in [-0.39, 0.29) is 16.7 Å². The van der Waals surface area contributed by atoms with Gasteiger partial charge in [-0.15, -0.1) is 0 Å². The molecule has 0 spiro atoms. The monoisotopic (exact) mass is 330 g/mol. The zero-order chi connectivity index (χ0) is 17.3. The molecule has 1 N–H and O–H groups in total. The van der Waals surface area contributed by atoms with Crippen LogP contribution in [0.25, 0.3) is 0 Å². The minimum Gasteiger partial charge on any atom is -0.481 e. The average molecular weight is 330 g/mol. The average Bonchev–Trinajstić information content (AvgIpc) is 2.86.